The first kappa shape index (κ1) is 33.5. The maximum Gasteiger partial charge on any atom is 0.408 e. The van der Waals surface area contributed by atoms with Gasteiger partial charge in [0.2, 0.25) is 5.91 Å². The third kappa shape index (κ3) is 9.73. The van der Waals surface area contributed by atoms with Crippen LogP contribution >= 0.6 is 24.2 Å². The van der Waals surface area contributed by atoms with Crippen molar-refractivity contribution in [2.45, 2.75) is 92.0 Å². The molecule has 0 heterocycles. The first-order valence-corrected chi connectivity index (χ1v) is 14.7. The highest BCUT2D eigenvalue weighted by molar-refractivity contribution is 7.80. The number of amides is 3. The van der Waals surface area contributed by atoms with E-state index in [-0.39, 0.29) is 11.8 Å². The number of aryl methyl sites for hydroxylation is 2. The van der Waals surface area contributed by atoms with Gasteiger partial charge in [0.1, 0.15) is 17.7 Å². The van der Waals surface area contributed by atoms with Gasteiger partial charge in [-0.15, -0.1) is 0 Å². The quantitative estimate of drug-likeness (QED) is 0.244. The Kier molecular flexibility index (Phi) is 12.4. The molecule has 0 spiro atoms. The van der Waals surface area contributed by atoms with Crippen LogP contribution in [0.2, 0.25) is 5.02 Å². The number of nitrogens with zero attached hydrogens (tertiary/aromatic N) is 1. The first-order chi connectivity index (χ1) is 18.6. The Morgan fingerprint density at radius 3 is 2.15 bits per heavy atom. The van der Waals surface area contributed by atoms with Crippen LogP contribution in [0, 0.1) is 19.8 Å². The Balaban J connectivity index is 2.60. The molecule has 2 N–H and O–H groups in total. The lowest BCUT2D eigenvalue weighted by Gasteiger charge is -2.38. The van der Waals surface area contributed by atoms with Gasteiger partial charge in [0.25, 0.3) is 5.91 Å². The van der Waals surface area contributed by atoms with E-state index in [0.717, 1.165) is 17.5 Å². The number of para-hydroxylation sites is 1. The van der Waals surface area contributed by atoms with Gasteiger partial charge < -0.3 is 20.3 Å². The number of hydrogen-bond donors (Lipinski definition) is 3. The molecule has 0 radical (unpaired) electrons. The molecular weight excluding hydrogens is 546 g/mol. The summed E-state index contributed by atoms with van der Waals surface area (Å²) in [7, 11) is 0. The third-order valence-electron chi connectivity index (χ3n) is 6.45. The minimum atomic E-state index is -1.01. The fourth-order valence-corrected chi connectivity index (χ4v) is 4.81. The number of hydrogen-bond acceptors (Lipinski definition) is 5. The average molecular weight is 590 g/mol. The molecule has 3 unspecified atom stereocenters. The topological polar surface area (TPSA) is 87.7 Å². The summed E-state index contributed by atoms with van der Waals surface area (Å²) in [5.74, 6) is -0.400. The van der Waals surface area contributed by atoms with Gasteiger partial charge in [0.05, 0.1) is 10.7 Å². The molecule has 0 aliphatic rings. The van der Waals surface area contributed by atoms with Crippen LogP contribution in [0.3, 0.4) is 0 Å². The SMILES string of the molecule is Cc1ccc(C(C(=O)Nc2c(C)cccc2Cl)N(C(=O)C(CS)NC(=O)OC(C)(C)C)C(C)CCC(C)C)cc1. The van der Waals surface area contributed by atoms with Crippen LogP contribution in [0.1, 0.15) is 77.1 Å². The lowest BCUT2D eigenvalue weighted by atomic mass is 9.96. The number of halogens is 1. The van der Waals surface area contributed by atoms with E-state index >= 15 is 0 Å². The second kappa shape index (κ2) is 14.8. The lowest BCUT2D eigenvalue weighted by molar-refractivity contribution is -0.143. The van der Waals surface area contributed by atoms with Crippen molar-refractivity contribution in [3.8, 4) is 0 Å². The van der Waals surface area contributed by atoms with Crippen molar-refractivity contribution in [2.75, 3.05) is 11.1 Å². The Morgan fingerprint density at radius 2 is 1.62 bits per heavy atom. The maximum absolute atomic E-state index is 14.2. The molecule has 0 bridgehead atoms. The summed E-state index contributed by atoms with van der Waals surface area (Å²) in [6, 6.07) is 10.6. The van der Waals surface area contributed by atoms with E-state index in [4.69, 9.17) is 16.3 Å². The van der Waals surface area contributed by atoms with E-state index in [0.29, 0.717) is 28.6 Å². The molecule has 7 nitrogen and oxygen atoms in total. The van der Waals surface area contributed by atoms with Gasteiger partial charge in [0.15, 0.2) is 0 Å². The number of alkyl carbamates (subject to hydrolysis) is 1. The minimum absolute atomic E-state index is 0.0251. The van der Waals surface area contributed by atoms with Crippen molar-refractivity contribution < 1.29 is 19.1 Å². The zero-order chi connectivity index (χ0) is 30.2. The number of anilines is 1. The minimum Gasteiger partial charge on any atom is -0.444 e. The van der Waals surface area contributed by atoms with Crippen LogP contribution in [-0.2, 0) is 14.3 Å². The predicted molar refractivity (Wildman–Crippen MR) is 166 cm³/mol. The van der Waals surface area contributed by atoms with Crippen LogP contribution in [-0.4, -0.2) is 46.2 Å². The van der Waals surface area contributed by atoms with Gasteiger partial charge >= 0.3 is 6.09 Å². The first-order valence-electron chi connectivity index (χ1n) is 13.7. The largest absolute Gasteiger partial charge is 0.444 e. The highest BCUT2D eigenvalue weighted by Crippen LogP contribution is 2.31. The molecule has 40 heavy (non-hydrogen) atoms. The molecule has 3 atom stereocenters. The number of carbonyl (C=O) groups excluding carboxylic acids is 3. The molecular formula is C31H44ClN3O4S. The van der Waals surface area contributed by atoms with Gasteiger partial charge in [-0.25, -0.2) is 4.79 Å². The summed E-state index contributed by atoms with van der Waals surface area (Å²) in [5.41, 5.74) is 2.22. The van der Waals surface area contributed by atoms with Gasteiger partial charge in [0, 0.05) is 11.8 Å². The number of ether oxygens (including phenoxy) is 1. The van der Waals surface area contributed by atoms with E-state index in [1.807, 2.05) is 57.2 Å². The number of benzene rings is 2. The van der Waals surface area contributed by atoms with Crippen LogP contribution in [0.5, 0.6) is 0 Å². The molecule has 0 aromatic heterocycles. The number of carbonyl (C=O) groups is 3. The molecule has 0 aliphatic heterocycles. The van der Waals surface area contributed by atoms with Gasteiger partial charge in [-0.2, -0.15) is 12.6 Å². The third-order valence-corrected chi connectivity index (χ3v) is 7.13. The van der Waals surface area contributed by atoms with Crippen molar-refractivity contribution in [2.24, 2.45) is 5.92 Å². The molecule has 2 rings (SSSR count). The van der Waals surface area contributed by atoms with Crippen molar-refractivity contribution in [1.29, 1.82) is 0 Å². The zero-order valence-electron chi connectivity index (χ0n) is 24.9. The fraction of sp³-hybridized carbons (Fsp3) is 0.516. The molecule has 0 saturated heterocycles. The van der Waals surface area contributed by atoms with Crippen LogP contribution in [0.4, 0.5) is 10.5 Å². The second-order valence-electron chi connectivity index (χ2n) is 11.7. The summed E-state index contributed by atoms with van der Waals surface area (Å²) < 4.78 is 5.40. The van der Waals surface area contributed by atoms with E-state index in [1.54, 1.807) is 31.7 Å². The summed E-state index contributed by atoms with van der Waals surface area (Å²) in [6.45, 7) is 15.2. The van der Waals surface area contributed by atoms with E-state index in [9.17, 15) is 14.4 Å². The van der Waals surface area contributed by atoms with Gasteiger partial charge in [-0.3, -0.25) is 9.59 Å². The molecule has 220 valence electrons. The van der Waals surface area contributed by atoms with E-state index in [2.05, 4.69) is 37.1 Å². The van der Waals surface area contributed by atoms with Crippen molar-refractivity contribution in [3.63, 3.8) is 0 Å². The van der Waals surface area contributed by atoms with Crippen LogP contribution < -0.4 is 10.6 Å². The summed E-state index contributed by atoms with van der Waals surface area (Å²) in [6.07, 6.45) is 0.787. The molecule has 2 aromatic rings. The fourth-order valence-electron chi connectivity index (χ4n) is 4.30. The monoisotopic (exact) mass is 589 g/mol. The molecule has 3 amide bonds. The van der Waals surface area contributed by atoms with Crippen molar-refractivity contribution in [1.82, 2.24) is 10.2 Å². The Morgan fingerprint density at radius 1 is 1.00 bits per heavy atom. The Hall–Kier alpha value is -2.71. The van der Waals surface area contributed by atoms with Crippen molar-refractivity contribution in [3.05, 3.63) is 64.2 Å². The normalized spacial score (nSPS) is 13.8. The molecule has 0 fully saturated rings. The van der Waals surface area contributed by atoms with Crippen LogP contribution in [0.25, 0.3) is 0 Å². The lowest BCUT2D eigenvalue weighted by Crippen LogP contribution is -2.55. The van der Waals surface area contributed by atoms with Gasteiger partial charge in [-0.1, -0.05) is 67.4 Å². The molecule has 9 heteroatoms. The predicted octanol–water partition coefficient (Wildman–Crippen LogP) is 7.11. The van der Waals surface area contributed by atoms with Crippen LogP contribution in [0.15, 0.2) is 42.5 Å². The number of rotatable bonds is 11. The zero-order valence-corrected chi connectivity index (χ0v) is 26.5. The highest BCUT2D eigenvalue weighted by atomic mass is 35.5. The smallest absolute Gasteiger partial charge is 0.408 e. The second-order valence-corrected chi connectivity index (χ2v) is 12.5. The van der Waals surface area contributed by atoms with E-state index in [1.165, 1.54) is 0 Å². The number of thiol groups is 1. The summed E-state index contributed by atoms with van der Waals surface area (Å²) in [4.78, 5) is 42.6. The molecule has 0 aliphatic carbocycles. The maximum atomic E-state index is 14.2. The van der Waals surface area contributed by atoms with Gasteiger partial charge in [-0.05, 0) is 77.5 Å². The summed E-state index contributed by atoms with van der Waals surface area (Å²) >= 11 is 10.8. The summed E-state index contributed by atoms with van der Waals surface area (Å²) in [5, 5.41) is 6.05. The highest BCUT2D eigenvalue weighted by Gasteiger charge is 2.38. The Bertz CT molecular complexity index is 1140. The van der Waals surface area contributed by atoms with Crippen molar-refractivity contribution >= 4 is 47.8 Å². The number of nitrogens with one attached hydrogen (secondary N) is 2. The van der Waals surface area contributed by atoms with E-state index < -0.39 is 35.6 Å². The molecule has 0 saturated carbocycles. The molecule has 2 aromatic carbocycles. The Labute approximate surface area is 249 Å². The standard InChI is InChI=1S/C31H44ClN3O4S/c1-19(2)12-15-22(5)35(29(37)25(18-40)33-30(38)39-31(6,7)8)27(23-16-13-20(3)14-17-23)28(36)34-26-21(4)10-9-11-24(26)32/h9-11,13-14,16-17,19,22,25,27,40H,12,15,18H2,1-8H3,(H,33,38)(H,34,36). The average Bonchev–Trinajstić information content (AvgIpc) is 2.85.